The number of nitrogens with one attached hydrogen (secondary N) is 1. The Morgan fingerprint density at radius 3 is 2.29 bits per heavy atom. The molecular weight excluding hydrogens is 270 g/mol. The van der Waals surface area contributed by atoms with Crippen LogP contribution in [-0.2, 0) is 4.79 Å². The molecule has 0 bridgehead atoms. The molecule has 0 aromatic heterocycles. The Bertz CT molecular complexity index is 309. The van der Waals surface area contributed by atoms with Gasteiger partial charge in [-0.3, -0.25) is 4.79 Å². The van der Waals surface area contributed by atoms with Crippen molar-refractivity contribution in [2.45, 2.75) is 52.0 Å². The molecule has 0 heterocycles. The Morgan fingerprint density at radius 2 is 1.76 bits per heavy atom. The Labute approximate surface area is 128 Å². The highest BCUT2D eigenvalue weighted by Crippen LogP contribution is 2.04. The minimum atomic E-state index is -0.739. The van der Waals surface area contributed by atoms with Gasteiger partial charge in [0.25, 0.3) is 0 Å². The van der Waals surface area contributed by atoms with Gasteiger partial charge in [-0.05, 0) is 40.8 Å². The van der Waals surface area contributed by atoms with Crippen LogP contribution in [0, 0.1) is 0 Å². The van der Waals surface area contributed by atoms with Crippen LogP contribution in [0.15, 0.2) is 0 Å². The average molecular weight is 301 g/mol. The molecule has 0 aromatic carbocycles. The summed E-state index contributed by atoms with van der Waals surface area (Å²) < 4.78 is 0. The highest BCUT2D eigenvalue weighted by molar-refractivity contribution is 5.74. The van der Waals surface area contributed by atoms with Crippen LogP contribution in [0.2, 0.25) is 0 Å². The van der Waals surface area contributed by atoms with E-state index in [-0.39, 0.29) is 18.5 Å². The van der Waals surface area contributed by atoms with Crippen molar-refractivity contribution < 1.29 is 14.7 Å². The van der Waals surface area contributed by atoms with Crippen LogP contribution < -0.4 is 5.32 Å². The molecular formula is C15H31N3O3. The number of carboxylic acid groups (broad SMARTS) is 1. The highest BCUT2D eigenvalue weighted by Gasteiger charge is 2.18. The molecule has 6 heteroatoms. The number of likely N-dealkylation sites (N-methyl/N-ethyl adjacent to an activating group) is 2. The number of unbranched alkanes of at least 4 members (excludes halogenated alkanes) is 3. The normalized spacial score (nSPS) is 12.2. The predicted molar refractivity (Wildman–Crippen MR) is 84.5 cm³/mol. The molecule has 21 heavy (non-hydrogen) atoms. The van der Waals surface area contributed by atoms with Gasteiger partial charge in [0.05, 0.1) is 0 Å². The number of carbonyl (C=O) groups excluding carboxylic acids is 1. The summed E-state index contributed by atoms with van der Waals surface area (Å²) in [6, 6.07) is 0.165. The molecule has 0 radical (unpaired) electrons. The molecule has 0 saturated carbocycles. The van der Waals surface area contributed by atoms with E-state index in [1.807, 2.05) is 25.9 Å². The third kappa shape index (κ3) is 10.1. The number of carboxylic acids is 1. The van der Waals surface area contributed by atoms with Gasteiger partial charge in [-0.2, -0.15) is 0 Å². The van der Waals surface area contributed by atoms with Gasteiger partial charge in [0.1, 0.15) is 0 Å². The van der Waals surface area contributed by atoms with E-state index in [1.165, 1.54) is 0 Å². The van der Waals surface area contributed by atoms with Crippen LogP contribution in [0.5, 0.6) is 0 Å². The van der Waals surface area contributed by atoms with Gasteiger partial charge in [0.15, 0.2) is 0 Å². The van der Waals surface area contributed by atoms with Crippen molar-refractivity contribution in [3.63, 3.8) is 0 Å². The fourth-order valence-electron chi connectivity index (χ4n) is 2.33. The molecule has 0 aliphatic carbocycles. The monoisotopic (exact) mass is 301 g/mol. The summed E-state index contributed by atoms with van der Waals surface area (Å²) in [5, 5.41) is 11.5. The first kappa shape index (κ1) is 19.7. The predicted octanol–water partition coefficient (Wildman–Crippen LogP) is 2.00. The third-order valence-corrected chi connectivity index (χ3v) is 3.36. The van der Waals surface area contributed by atoms with Crippen molar-refractivity contribution in [3.05, 3.63) is 0 Å². The summed E-state index contributed by atoms with van der Waals surface area (Å²) in [5.41, 5.74) is 0. The lowest BCUT2D eigenvalue weighted by molar-refractivity contribution is -0.137. The van der Waals surface area contributed by atoms with Crippen LogP contribution >= 0.6 is 0 Å². The molecule has 0 aliphatic heterocycles. The van der Waals surface area contributed by atoms with E-state index in [2.05, 4.69) is 17.1 Å². The van der Waals surface area contributed by atoms with E-state index >= 15 is 0 Å². The molecule has 0 fully saturated rings. The molecule has 2 N–H and O–H groups in total. The van der Waals surface area contributed by atoms with Crippen molar-refractivity contribution >= 4 is 12.0 Å². The number of hydrogen-bond acceptors (Lipinski definition) is 3. The van der Waals surface area contributed by atoms with Gasteiger partial charge in [0.2, 0.25) is 0 Å². The lowest BCUT2D eigenvalue weighted by Crippen LogP contribution is -2.48. The van der Waals surface area contributed by atoms with Gasteiger partial charge in [-0.15, -0.1) is 0 Å². The zero-order chi connectivity index (χ0) is 16.3. The standard InChI is InChI=1S/C15H31N3O3/c1-5-18(13(2)12-17(3)4)15(21)16-11-9-7-6-8-10-14(19)20/h13H,5-12H2,1-4H3,(H,16,21)(H,19,20). The van der Waals surface area contributed by atoms with Crippen molar-refractivity contribution in [3.8, 4) is 0 Å². The minimum Gasteiger partial charge on any atom is -0.481 e. The summed E-state index contributed by atoms with van der Waals surface area (Å²) in [5.74, 6) is -0.739. The Kier molecular flexibility index (Phi) is 10.7. The largest absolute Gasteiger partial charge is 0.481 e. The van der Waals surface area contributed by atoms with Crippen molar-refractivity contribution in [1.29, 1.82) is 0 Å². The molecule has 0 aliphatic rings. The van der Waals surface area contributed by atoms with Crippen molar-refractivity contribution in [1.82, 2.24) is 15.1 Å². The second kappa shape index (κ2) is 11.4. The molecule has 124 valence electrons. The van der Waals surface area contributed by atoms with Crippen molar-refractivity contribution in [2.24, 2.45) is 0 Å². The van der Waals surface area contributed by atoms with Crippen LogP contribution in [0.4, 0.5) is 4.79 Å². The Balaban J connectivity index is 3.82. The van der Waals surface area contributed by atoms with Gasteiger partial charge in [0, 0.05) is 32.1 Å². The molecule has 0 saturated heterocycles. The topological polar surface area (TPSA) is 72.9 Å². The summed E-state index contributed by atoms with van der Waals surface area (Å²) >= 11 is 0. The highest BCUT2D eigenvalue weighted by atomic mass is 16.4. The maximum absolute atomic E-state index is 12.1. The maximum Gasteiger partial charge on any atom is 0.317 e. The minimum absolute atomic E-state index is 0.0163. The van der Waals surface area contributed by atoms with Crippen LogP contribution in [0.25, 0.3) is 0 Å². The van der Waals surface area contributed by atoms with E-state index < -0.39 is 5.97 Å². The third-order valence-electron chi connectivity index (χ3n) is 3.36. The molecule has 0 rings (SSSR count). The first-order valence-electron chi connectivity index (χ1n) is 7.79. The zero-order valence-electron chi connectivity index (χ0n) is 13.9. The lowest BCUT2D eigenvalue weighted by Gasteiger charge is -2.30. The fraction of sp³-hybridized carbons (Fsp3) is 0.867. The van der Waals surface area contributed by atoms with Crippen LogP contribution in [-0.4, -0.2) is 66.7 Å². The number of nitrogens with zero attached hydrogens (tertiary/aromatic N) is 2. The van der Waals surface area contributed by atoms with E-state index in [0.717, 1.165) is 25.8 Å². The first-order chi connectivity index (χ1) is 9.88. The van der Waals surface area contributed by atoms with Gasteiger partial charge in [-0.25, -0.2) is 4.79 Å². The summed E-state index contributed by atoms with van der Waals surface area (Å²) in [6.07, 6.45) is 3.69. The van der Waals surface area contributed by atoms with E-state index in [0.29, 0.717) is 19.5 Å². The van der Waals surface area contributed by atoms with Crippen molar-refractivity contribution in [2.75, 3.05) is 33.7 Å². The quantitative estimate of drug-likeness (QED) is 0.573. The summed E-state index contributed by atoms with van der Waals surface area (Å²) in [6.45, 7) is 6.22. The first-order valence-corrected chi connectivity index (χ1v) is 7.79. The smallest absolute Gasteiger partial charge is 0.317 e. The zero-order valence-corrected chi connectivity index (χ0v) is 13.9. The molecule has 0 spiro atoms. The fourth-order valence-corrected chi connectivity index (χ4v) is 2.33. The number of aliphatic carboxylic acids is 1. The molecule has 2 amide bonds. The van der Waals surface area contributed by atoms with Gasteiger partial charge >= 0.3 is 12.0 Å². The Hall–Kier alpha value is -1.30. The van der Waals surface area contributed by atoms with Crippen LogP contribution in [0.1, 0.15) is 46.0 Å². The molecule has 0 aromatic rings. The van der Waals surface area contributed by atoms with E-state index in [1.54, 1.807) is 0 Å². The number of rotatable bonds is 11. The lowest BCUT2D eigenvalue weighted by atomic mass is 10.1. The van der Waals surface area contributed by atoms with Gasteiger partial charge < -0.3 is 20.2 Å². The number of urea groups is 1. The summed E-state index contributed by atoms with van der Waals surface area (Å²) in [7, 11) is 4.00. The number of hydrogen-bond donors (Lipinski definition) is 2. The van der Waals surface area contributed by atoms with E-state index in [4.69, 9.17) is 5.11 Å². The van der Waals surface area contributed by atoms with Crippen LogP contribution in [0.3, 0.4) is 0 Å². The SMILES string of the molecule is CCN(C(=O)NCCCCCCC(=O)O)C(C)CN(C)C. The second-order valence-corrected chi connectivity index (χ2v) is 5.69. The summed E-state index contributed by atoms with van der Waals surface area (Å²) in [4.78, 5) is 26.4. The number of amides is 2. The Morgan fingerprint density at radius 1 is 1.14 bits per heavy atom. The average Bonchev–Trinajstić information content (AvgIpc) is 2.37. The number of carbonyl (C=O) groups is 2. The second-order valence-electron chi connectivity index (χ2n) is 5.69. The molecule has 1 atom stereocenters. The maximum atomic E-state index is 12.1. The molecule has 1 unspecified atom stereocenters. The van der Waals surface area contributed by atoms with E-state index in [9.17, 15) is 9.59 Å². The molecule has 6 nitrogen and oxygen atoms in total. The van der Waals surface area contributed by atoms with Gasteiger partial charge in [-0.1, -0.05) is 12.8 Å².